The summed E-state index contributed by atoms with van der Waals surface area (Å²) in [7, 11) is 1.60. The second-order valence-electron chi connectivity index (χ2n) is 5.95. The van der Waals surface area contributed by atoms with E-state index < -0.39 is 0 Å². The van der Waals surface area contributed by atoms with Gasteiger partial charge in [0.25, 0.3) is 5.56 Å². The molecule has 3 aromatic rings. The number of methoxy groups -OCH3 is 1. The van der Waals surface area contributed by atoms with Crippen LogP contribution in [0.5, 0.6) is 5.75 Å². The molecule has 0 unspecified atom stereocenters. The molecule has 1 amide bonds. The van der Waals surface area contributed by atoms with Gasteiger partial charge in [0.2, 0.25) is 5.91 Å². The van der Waals surface area contributed by atoms with Crippen LogP contribution in [0.15, 0.2) is 63.9 Å². The lowest BCUT2D eigenvalue weighted by Gasteiger charge is -2.10. The highest BCUT2D eigenvalue weighted by Crippen LogP contribution is 2.21. The van der Waals surface area contributed by atoms with Gasteiger partial charge in [-0.15, -0.1) is 0 Å². The first-order valence-electron chi connectivity index (χ1n) is 8.25. The number of nitrogens with zero attached hydrogens (tertiary/aromatic N) is 2. The van der Waals surface area contributed by atoms with Crippen LogP contribution in [0, 0.1) is 6.92 Å². The van der Waals surface area contributed by atoms with Crippen LogP contribution in [0.2, 0.25) is 0 Å². The van der Waals surface area contributed by atoms with Crippen LogP contribution < -0.4 is 15.6 Å². The van der Waals surface area contributed by atoms with E-state index in [4.69, 9.17) is 4.74 Å². The quantitative estimate of drug-likeness (QED) is 0.674. The molecule has 0 fully saturated rings. The molecule has 1 N–H and O–H groups in total. The number of rotatable bonds is 5. The number of hydrogen-bond acceptors (Lipinski definition) is 4. The van der Waals surface area contributed by atoms with Gasteiger partial charge in [-0.1, -0.05) is 15.9 Å². The first kappa shape index (κ1) is 18.8. The van der Waals surface area contributed by atoms with Crippen LogP contribution in [0.4, 0.5) is 5.69 Å². The Labute approximate surface area is 164 Å². The summed E-state index contributed by atoms with van der Waals surface area (Å²) in [6.07, 6.45) is 0. The van der Waals surface area contributed by atoms with Crippen LogP contribution in [0.3, 0.4) is 0 Å². The number of carbonyl (C=O) groups is 1. The van der Waals surface area contributed by atoms with Gasteiger partial charge in [-0.25, -0.2) is 4.68 Å². The monoisotopic (exact) mass is 427 g/mol. The number of ether oxygens (including phenoxy) is 1. The number of nitrogens with one attached hydrogen (secondary N) is 1. The Hall–Kier alpha value is -2.93. The summed E-state index contributed by atoms with van der Waals surface area (Å²) in [4.78, 5) is 24.5. The maximum absolute atomic E-state index is 12.4. The van der Waals surface area contributed by atoms with E-state index in [0.29, 0.717) is 11.4 Å². The van der Waals surface area contributed by atoms with Crippen molar-refractivity contribution in [2.75, 3.05) is 12.4 Å². The molecule has 0 spiro atoms. The minimum atomic E-state index is -0.338. The molecule has 6 nitrogen and oxygen atoms in total. The van der Waals surface area contributed by atoms with Crippen molar-refractivity contribution < 1.29 is 9.53 Å². The molecule has 0 saturated carbocycles. The first-order chi connectivity index (χ1) is 13.0. The molecule has 0 aliphatic rings. The molecule has 7 heteroatoms. The van der Waals surface area contributed by atoms with Crippen molar-refractivity contribution >= 4 is 27.5 Å². The summed E-state index contributed by atoms with van der Waals surface area (Å²) >= 11 is 3.39. The number of amides is 1. The van der Waals surface area contributed by atoms with Gasteiger partial charge in [-0.2, -0.15) is 5.10 Å². The molecule has 0 aliphatic carbocycles. The molecule has 1 aromatic heterocycles. The van der Waals surface area contributed by atoms with Crippen molar-refractivity contribution in [3.05, 3.63) is 75.0 Å². The SMILES string of the molecule is COc1ccc(-c2ccc(=O)n(CC(=O)Nc3ccc(Br)cc3C)n2)cc1. The fraction of sp³-hybridized carbons (Fsp3) is 0.150. The number of hydrogen-bond donors (Lipinski definition) is 1. The summed E-state index contributed by atoms with van der Waals surface area (Å²) in [6.45, 7) is 1.73. The van der Waals surface area contributed by atoms with Crippen LogP contribution in [-0.4, -0.2) is 22.8 Å². The third-order valence-corrected chi connectivity index (χ3v) is 4.50. The van der Waals surface area contributed by atoms with E-state index >= 15 is 0 Å². The molecule has 27 heavy (non-hydrogen) atoms. The molecule has 138 valence electrons. The van der Waals surface area contributed by atoms with Gasteiger partial charge in [0.15, 0.2) is 0 Å². The van der Waals surface area contributed by atoms with Gasteiger partial charge in [-0.3, -0.25) is 9.59 Å². The van der Waals surface area contributed by atoms with E-state index in [9.17, 15) is 9.59 Å². The predicted molar refractivity (Wildman–Crippen MR) is 108 cm³/mol. The van der Waals surface area contributed by atoms with Crippen LogP contribution >= 0.6 is 15.9 Å². The summed E-state index contributed by atoms with van der Waals surface area (Å²) in [5.41, 5.74) is 2.71. The van der Waals surface area contributed by atoms with Crippen molar-refractivity contribution in [3.63, 3.8) is 0 Å². The predicted octanol–water partition coefficient (Wildman–Crippen LogP) is 3.63. The van der Waals surface area contributed by atoms with E-state index in [1.807, 2.05) is 43.3 Å². The highest BCUT2D eigenvalue weighted by Gasteiger charge is 2.10. The van der Waals surface area contributed by atoms with Gasteiger partial charge in [0, 0.05) is 21.8 Å². The average molecular weight is 428 g/mol. The number of aryl methyl sites for hydroxylation is 1. The van der Waals surface area contributed by atoms with E-state index in [1.54, 1.807) is 19.2 Å². The Morgan fingerprint density at radius 3 is 2.56 bits per heavy atom. The van der Waals surface area contributed by atoms with E-state index in [2.05, 4.69) is 26.3 Å². The number of halogens is 1. The van der Waals surface area contributed by atoms with Crippen molar-refractivity contribution in [1.29, 1.82) is 0 Å². The molecule has 0 bridgehead atoms. The molecule has 0 aliphatic heterocycles. The molecule has 1 heterocycles. The number of aromatic nitrogens is 2. The summed E-state index contributed by atoms with van der Waals surface area (Å²) in [6, 6.07) is 15.9. The van der Waals surface area contributed by atoms with Crippen molar-refractivity contribution in [2.45, 2.75) is 13.5 Å². The second kappa shape index (κ2) is 8.18. The number of carbonyl (C=O) groups excluding carboxylic acids is 1. The normalized spacial score (nSPS) is 10.5. The minimum Gasteiger partial charge on any atom is -0.497 e. The van der Waals surface area contributed by atoms with Crippen molar-refractivity contribution in [1.82, 2.24) is 9.78 Å². The summed E-state index contributed by atoms with van der Waals surface area (Å²) in [5, 5.41) is 7.12. The highest BCUT2D eigenvalue weighted by atomic mass is 79.9. The minimum absolute atomic E-state index is 0.168. The van der Waals surface area contributed by atoms with Crippen molar-refractivity contribution in [3.8, 4) is 17.0 Å². The van der Waals surface area contributed by atoms with Gasteiger partial charge in [0.1, 0.15) is 12.3 Å². The maximum Gasteiger partial charge on any atom is 0.267 e. The summed E-state index contributed by atoms with van der Waals surface area (Å²) < 4.78 is 7.23. The fourth-order valence-corrected chi connectivity index (χ4v) is 3.05. The lowest BCUT2D eigenvalue weighted by Crippen LogP contribution is -2.29. The van der Waals surface area contributed by atoms with Gasteiger partial charge < -0.3 is 10.1 Å². The molecule has 0 atom stereocenters. The van der Waals surface area contributed by atoms with Crippen LogP contribution in [0.25, 0.3) is 11.3 Å². The number of anilines is 1. The Balaban J connectivity index is 1.79. The van der Waals surface area contributed by atoms with Gasteiger partial charge in [0.05, 0.1) is 12.8 Å². The highest BCUT2D eigenvalue weighted by molar-refractivity contribution is 9.10. The Kier molecular flexibility index (Phi) is 5.71. The largest absolute Gasteiger partial charge is 0.497 e. The third-order valence-electron chi connectivity index (χ3n) is 4.01. The van der Waals surface area contributed by atoms with Gasteiger partial charge >= 0.3 is 0 Å². The lowest BCUT2D eigenvalue weighted by atomic mass is 10.1. The topological polar surface area (TPSA) is 73.2 Å². The molecule has 0 radical (unpaired) electrons. The van der Waals surface area contributed by atoms with Crippen LogP contribution in [0.1, 0.15) is 5.56 Å². The standard InChI is InChI=1S/C20H18BrN3O3/c1-13-11-15(21)5-8-17(13)22-19(25)12-24-20(26)10-9-18(23-24)14-3-6-16(27-2)7-4-14/h3-11H,12H2,1-2H3,(H,22,25). The lowest BCUT2D eigenvalue weighted by molar-refractivity contribution is -0.117. The molecular weight excluding hydrogens is 410 g/mol. The van der Waals surface area contributed by atoms with Gasteiger partial charge in [-0.05, 0) is 61.0 Å². The zero-order valence-corrected chi connectivity index (χ0v) is 16.5. The smallest absolute Gasteiger partial charge is 0.267 e. The molecule has 0 saturated heterocycles. The molecule has 2 aromatic carbocycles. The first-order valence-corrected chi connectivity index (χ1v) is 9.04. The Morgan fingerprint density at radius 2 is 1.89 bits per heavy atom. The second-order valence-corrected chi connectivity index (χ2v) is 6.87. The molecule has 3 rings (SSSR count). The van der Waals surface area contributed by atoms with E-state index in [0.717, 1.165) is 26.0 Å². The molecular formula is C20H18BrN3O3. The average Bonchev–Trinajstić information content (AvgIpc) is 2.66. The Bertz CT molecular complexity index is 1030. The van der Waals surface area contributed by atoms with E-state index in [1.165, 1.54) is 6.07 Å². The number of benzene rings is 2. The van der Waals surface area contributed by atoms with E-state index in [-0.39, 0.29) is 18.0 Å². The summed E-state index contributed by atoms with van der Waals surface area (Å²) in [5.74, 6) is 0.415. The Morgan fingerprint density at radius 1 is 1.15 bits per heavy atom. The third kappa shape index (κ3) is 4.62. The zero-order valence-electron chi connectivity index (χ0n) is 14.9. The van der Waals surface area contributed by atoms with Crippen molar-refractivity contribution in [2.24, 2.45) is 0 Å². The maximum atomic E-state index is 12.4. The zero-order chi connectivity index (χ0) is 19.4. The van der Waals surface area contributed by atoms with Crippen LogP contribution in [-0.2, 0) is 11.3 Å². The fourth-order valence-electron chi connectivity index (χ4n) is 2.57.